The summed E-state index contributed by atoms with van der Waals surface area (Å²) >= 11 is 12.7. The van der Waals surface area contributed by atoms with E-state index in [-0.39, 0.29) is 39.1 Å². The van der Waals surface area contributed by atoms with Crippen molar-refractivity contribution >= 4 is 63.0 Å². The molecule has 2 amide bonds. The summed E-state index contributed by atoms with van der Waals surface area (Å²) in [5, 5.41) is 11.4. The number of carbonyl (C=O) groups excluding carboxylic acids is 2. The minimum Gasteiger partial charge on any atom is -0.505 e. The predicted molar refractivity (Wildman–Crippen MR) is 120 cm³/mol. The van der Waals surface area contributed by atoms with Crippen molar-refractivity contribution in [3.05, 3.63) is 75.1 Å². The molecule has 1 fully saturated rings. The van der Waals surface area contributed by atoms with E-state index in [0.717, 1.165) is 27.4 Å². The van der Waals surface area contributed by atoms with Crippen LogP contribution in [0, 0.1) is 0 Å². The van der Waals surface area contributed by atoms with Gasteiger partial charge in [0.2, 0.25) is 0 Å². The molecule has 8 heteroatoms. The number of rotatable bonds is 5. The number of benzene rings is 3. The minimum absolute atomic E-state index is 0.0662. The van der Waals surface area contributed by atoms with Crippen LogP contribution >= 0.6 is 35.0 Å². The zero-order valence-corrected chi connectivity index (χ0v) is 17.8. The average molecular weight is 460 g/mol. The third kappa shape index (κ3) is 4.12. The Morgan fingerprint density at radius 2 is 1.73 bits per heavy atom. The molecule has 0 aromatic heterocycles. The van der Waals surface area contributed by atoms with Crippen LogP contribution in [0.2, 0.25) is 10.0 Å². The van der Waals surface area contributed by atoms with Crippen LogP contribution in [0.5, 0.6) is 11.5 Å². The molecule has 152 valence electrons. The Hall–Kier alpha value is -2.67. The molecule has 1 aliphatic rings. The topological polar surface area (TPSA) is 66.8 Å². The van der Waals surface area contributed by atoms with Crippen LogP contribution in [-0.2, 0) is 4.79 Å². The van der Waals surface area contributed by atoms with Crippen molar-refractivity contribution < 1.29 is 19.4 Å². The number of imide groups is 1. The molecule has 0 bridgehead atoms. The lowest BCUT2D eigenvalue weighted by Gasteiger charge is -2.14. The molecule has 0 atom stereocenters. The summed E-state index contributed by atoms with van der Waals surface area (Å²) in [6, 6.07) is 16.5. The first-order valence-corrected chi connectivity index (χ1v) is 10.6. The van der Waals surface area contributed by atoms with E-state index >= 15 is 0 Å². The maximum atomic E-state index is 12.7. The van der Waals surface area contributed by atoms with E-state index in [0.29, 0.717) is 11.3 Å². The molecule has 5 nitrogen and oxygen atoms in total. The molecule has 1 N–H and O–H groups in total. The highest BCUT2D eigenvalue weighted by atomic mass is 35.5. The van der Waals surface area contributed by atoms with Gasteiger partial charge < -0.3 is 9.84 Å². The number of hydrogen-bond acceptors (Lipinski definition) is 5. The largest absolute Gasteiger partial charge is 0.505 e. The monoisotopic (exact) mass is 459 g/mol. The lowest BCUT2D eigenvalue weighted by Crippen LogP contribution is -2.32. The van der Waals surface area contributed by atoms with Crippen LogP contribution in [0.4, 0.5) is 4.79 Å². The van der Waals surface area contributed by atoms with Gasteiger partial charge in [0, 0.05) is 5.39 Å². The molecule has 1 heterocycles. The fourth-order valence-corrected chi connectivity index (χ4v) is 4.45. The third-order valence-electron chi connectivity index (χ3n) is 4.53. The predicted octanol–water partition coefficient (Wildman–Crippen LogP) is 5.97. The number of amides is 2. The molecule has 1 saturated heterocycles. The summed E-state index contributed by atoms with van der Waals surface area (Å²) in [5.41, 5.74) is 0.514. The highest BCUT2D eigenvalue weighted by Crippen LogP contribution is 2.36. The summed E-state index contributed by atoms with van der Waals surface area (Å²) < 4.78 is 5.84. The van der Waals surface area contributed by atoms with Crippen LogP contribution in [0.15, 0.2) is 59.5 Å². The fraction of sp³-hybridized carbons (Fsp3) is 0.0909. The smallest absolute Gasteiger partial charge is 0.293 e. The molecule has 3 aromatic rings. The van der Waals surface area contributed by atoms with Crippen molar-refractivity contribution in [1.29, 1.82) is 0 Å². The van der Waals surface area contributed by atoms with E-state index in [1.54, 1.807) is 0 Å². The van der Waals surface area contributed by atoms with Gasteiger partial charge in [-0.05, 0) is 47.0 Å². The van der Waals surface area contributed by atoms with Crippen LogP contribution in [0.25, 0.3) is 16.8 Å². The zero-order valence-electron chi connectivity index (χ0n) is 15.5. The second-order valence-electron chi connectivity index (χ2n) is 6.49. The summed E-state index contributed by atoms with van der Waals surface area (Å²) in [7, 11) is 0. The standard InChI is InChI=1S/C22H15Cl2NO4S/c23-16-10-13(11-17(24)20(16)26)12-19-21(27)25(22(28)30-19)8-9-29-18-7-3-5-14-4-1-2-6-15(14)18/h1-7,10-12,26H,8-9H2/b19-12-. The van der Waals surface area contributed by atoms with Crippen molar-refractivity contribution in [2.24, 2.45) is 0 Å². The van der Waals surface area contributed by atoms with Gasteiger partial charge in [-0.2, -0.15) is 0 Å². The number of carbonyl (C=O) groups is 2. The van der Waals surface area contributed by atoms with Gasteiger partial charge in [0.15, 0.2) is 5.75 Å². The van der Waals surface area contributed by atoms with Crippen LogP contribution in [-0.4, -0.2) is 34.3 Å². The van der Waals surface area contributed by atoms with Crippen molar-refractivity contribution in [3.63, 3.8) is 0 Å². The highest BCUT2D eigenvalue weighted by molar-refractivity contribution is 8.18. The van der Waals surface area contributed by atoms with Gasteiger partial charge in [-0.15, -0.1) is 0 Å². The van der Waals surface area contributed by atoms with E-state index in [1.165, 1.54) is 18.2 Å². The van der Waals surface area contributed by atoms with Crippen LogP contribution < -0.4 is 4.74 Å². The molecule has 3 aromatic carbocycles. The molecular weight excluding hydrogens is 445 g/mol. The molecule has 0 spiro atoms. The van der Waals surface area contributed by atoms with Crippen molar-refractivity contribution in [1.82, 2.24) is 4.90 Å². The molecule has 30 heavy (non-hydrogen) atoms. The molecule has 0 aliphatic carbocycles. The lowest BCUT2D eigenvalue weighted by molar-refractivity contribution is -0.123. The summed E-state index contributed by atoms with van der Waals surface area (Å²) in [6.07, 6.45) is 1.52. The number of ether oxygens (including phenoxy) is 1. The number of phenols is 1. The Bertz CT molecular complexity index is 1170. The Labute approximate surface area is 186 Å². The quantitative estimate of drug-likeness (QED) is 0.476. The molecule has 0 unspecified atom stereocenters. The van der Waals surface area contributed by atoms with Crippen LogP contribution in [0.3, 0.4) is 0 Å². The highest BCUT2D eigenvalue weighted by Gasteiger charge is 2.34. The molecule has 4 rings (SSSR count). The number of aromatic hydroxyl groups is 1. The number of halogens is 2. The minimum atomic E-state index is -0.410. The van der Waals surface area contributed by atoms with Gasteiger partial charge in [-0.3, -0.25) is 14.5 Å². The molecule has 0 radical (unpaired) electrons. The number of phenolic OH excluding ortho intramolecular Hbond substituents is 1. The SMILES string of the molecule is O=C1S/C(=C\c2cc(Cl)c(O)c(Cl)c2)C(=O)N1CCOc1cccc2ccccc12. The first-order chi connectivity index (χ1) is 14.4. The summed E-state index contributed by atoms with van der Waals surface area (Å²) in [6.45, 7) is 0.304. The molecule has 1 aliphatic heterocycles. The number of fused-ring (bicyclic) bond motifs is 1. The Kier molecular flexibility index (Phi) is 5.90. The number of hydrogen-bond donors (Lipinski definition) is 1. The number of thioether (sulfide) groups is 1. The van der Waals surface area contributed by atoms with E-state index in [9.17, 15) is 14.7 Å². The lowest BCUT2D eigenvalue weighted by atomic mass is 10.1. The third-order valence-corrected chi connectivity index (χ3v) is 6.02. The van der Waals surface area contributed by atoms with Crippen molar-refractivity contribution in [3.8, 4) is 11.5 Å². The van der Waals surface area contributed by atoms with E-state index in [4.69, 9.17) is 27.9 Å². The fourth-order valence-electron chi connectivity index (χ4n) is 3.08. The second-order valence-corrected chi connectivity index (χ2v) is 8.30. The van der Waals surface area contributed by atoms with Gasteiger partial charge in [0.25, 0.3) is 11.1 Å². The molecule has 0 saturated carbocycles. The Balaban J connectivity index is 1.46. The first-order valence-electron chi connectivity index (χ1n) is 8.98. The van der Waals surface area contributed by atoms with E-state index in [1.807, 2.05) is 42.5 Å². The first kappa shape index (κ1) is 20.6. The van der Waals surface area contributed by atoms with Gasteiger partial charge in [-0.1, -0.05) is 59.6 Å². The summed E-state index contributed by atoms with van der Waals surface area (Å²) in [4.78, 5) is 26.4. The average Bonchev–Trinajstić information content (AvgIpc) is 2.99. The van der Waals surface area contributed by atoms with E-state index < -0.39 is 5.91 Å². The van der Waals surface area contributed by atoms with Gasteiger partial charge in [0.05, 0.1) is 21.5 Å². The van der Waals surface area contributed by atoms with Gasteiger partial charge in [0.1, 0.15) is 12.4 Å². The molecular formula is C22H15Cl2NO4S. The Morgan fingerprint density at radius 1 is 1.03 bits per heavy atom. The van der Waals surface area contributed by atoms with Crippen molar-refractivity contribution in [2.75, 3.05) is 13.2 Å². The maximum absolute atomic E-state index is 12.7. The normalized spacial score (nSPS) is 15.4. The zero-order chi connectivity index (χ0) is 21.3. The van der Waals surface area contributed by atoms with Gasteiger partial charge in [-0.25, -0.2) is 0 Å². The Morgan fingerprint density at radius 3 is 2.50 bits per heavy atom. The maximum Gasteiger partial charge on any atom is 0.293 e. The van der Waals surface area contributed by atoms with Crippen molar-refractivity contribution in [2.45, 2.75) is 0 Å². The summed E-state index contributed by atoms with van der Waals surface area (Å²) in [5.74, 6) is 0.0602. The number of nitrogens with zero attached hydrogens (tertiary/aromatic N) is 1. The second kappa shape index (κ2) is 8.60. The van der Waals surface area contributed by atoms with E-state index in [2.05, 4.69) is 0 Å². The van der Waals surface area contributed by atoms with Crippen LogP contribution in [0.1, 0.15) is 5.56 Å². The van der Waals surface area contributed by atoms with Gasteiger partial charge >= 0.3 is 0 Å².